The molecule has 0 heterocycles. The third-order valence-corrected chi connectivity index (χ3v) is 5.22. The van der Waals surface area contributed by atoms with Crippen molar-refractivity contribution in [3.8, 4) is 0 Å². The summed E-state index contributed by atoms with van der Waals surface area (Å²) in [5, 5.41) is 3.22. The summed E-state index contributed by atoms with van der Waals surface area (Å²) in [6, 6.07) is 13.9. The Morgan fingerprint density at radius 3 is 2.38 bits per heavy atom. The van der Waals surface area contributed by atoms with Crippen molar-refractivity contribution in [2.45, 2.75) is 6.42 Å². The molecule has 0 radical (unpaired) electrons. The lowest BCUT2D eigenvalue weighted by Gasteiger charge is -2.08. The van der Waals surface area contributed by atoms with Crippen LogP contribution in [-0.4, -0.2) is 26.6 Å². The fourth-order valence-corrected chi connectivity index (χ4v) is 3.22. The van der Waals surface area contributed by atoms with Gasteiger partial charge >= 0.3 is 0 Å². The van der Waals surface area contributed by atoms with Gasteiger partial charge in [-0.25, -0.2) is 13.1 Å². The van der Waals surface area contributed by atoms with Crippen molar-refractivity contribution < 1.29 is 13.2 Å². The molecule has 0 saturated heterocycles. The highest BCUT2D eigenvalue weighted by atomic mass is 35.5. The number of halogens is 2. The van der Waals surface area contributed by atoms with Crippen LogP contribution in [0.15, 0.2) is 48.5 Å². The zero-order valence-corrected chi connectivity index (χ0v) is 15.0. The van der Waals surface area contributed by atoms with Crippen LogP contribution in [0.3, 0.4) is 0 Å². The summed E-state index contributed by atoms with van der Waals surface area (Å²) in [6.07, 6.45) is 0.380. The molecule has 0 unspecified atom stereocenters. The van der Waals surface area contributed by atoms with E-state index in [1.807, 2.05) is 30.3 Å². The van der Waals surface area contributed by atoms with E-state index in [0.29, 0.717) is 22.2 Å². The molecule has 0 aliphatic rings. The van der Waals surface area contributed by atoms with Crippen LogP contribution >= 0.6 is 23.2 Å². The molecule has 24 heavy (non-hydrogen) atoms. The molecule has 0 aromatic heterocycles. The van der Waals surface area contributed by atoms with Crippen LogP contribution in [0.5, 0.6) is 0 Å². The quantitative estimate of drug-likeness (QED) is 0.767. The highest BCUT2D eigenvalue weighted by Crippen LogP contribution is 2.24. The largest absolute Gasteiger partial charge is 0.325 e. The second-order valence-electron chi connectivity index (χ2n) is 5.05. The van der Waals surface area contributed by atoms with E-state index in [-0.39, 0.29) is 12.3 Å². The summed E-state index contributed by atoms with van der Waals surface area (Å²) >= 11 is 11.6. The Morgan fingerprint density at radius 2 is 1.71 bits per heavy atom. The SMILES string of the molecule is O=C(CNS(=O)(=O)CCc1ccccc1)Nc1ccc(Cl)c(Cl)c1. The van der Waals surface area contributed by atoms with Gasteiger partial charge in [-0.15, -0.1) is 0 Å². The normalized spacial score (nSPS) is 11.2. The number of aryl methyl sites for hydroxylation is 1. The van der Waals surface area contributed by atoms with E-state index in [2.05, 4.69) is 10.0 Å². The first kappa shape index (κ1) is 18.7. The smallest absolute Gasteiger partial charge is 0.239 e. The topological polar surface area (TPSA) is 75.3 Å². The van der Waals surface area contributed by atoms with Gasteiger partial charge in [0.1, 0.15) is 0 Å². The van der Waals surface area contributed by atoms with Crippen LogP contribution in [0.25, 0.3) is 0 Å². The highest BCUT2D eigenvalue weighted by molar-refractivity contribution is 7.89. The van der Waals surface area contributed by atoms with Gasteiger partial charge < -0.3 is 5.32 Å². The molecule has 0 aliphatic carbocycles. The molecule has 1 amide bonds. The highest BCUT2D eigenvalue weighted by Gasteiger charge is 2.13. The van der Waals surface area contributed by atoms with E-state index in [9.17, 15) is 13.2 Å². The van der Waals surface area contributed by atoms with Gasteiger partial charge in [-0.3, -0.25) is 4.79 Å². The van der Waals surface area contributed by atoms with Gasteiger partial charge in [0.25, 0.3) is 0 Å². The number of carbonyl (C=O) groups excluding carboxylic acids is 1. The van der Waals surface area contributed by atoms with E-state index in [1.54, 1.807) is 12.1 Å². The maximum atomic E-state index is 11.9. The first-order valence-corrected chi connectivity index (χ1v) is 9.53. The molecule has 0 atom stereocenters. The Kier molecular flexibility index (Phi) is 6.62. The minimum atomic E-state index is -3.54. The van der Waals surface area contributed by atoms with Gasteiger partial charge in [-0.1, -0.05) is 53.5 Å². The summed E-state index contributed by atoms with van der Waals surface area (Å²) in [4.78, 5) is 11.8. The first-order valence-electron chi connectivity index (χ1n) is 7.12. The number of hydrogen-bond acceptors (Lipinski definition) is 3. The van der Waals surface area contributed by atoms with Gasteiger partial charge in [0, 0.05) is 5.69 Å². The van der Waals surface area contributed by atoms with Crippen LogP contribution < -0.4 is 10.0 Å². The number of hydrogen-bond donors (Lipinski definition) is 2. The Balaban J connectivity index is 1.82. The van der Waals surface area contributed by atoms with Crippen molar-refractivity contribution >= 4 is 44.8 Å². The average Bonchev–Trinajstić information content (AvgIpc) is 2.56. The lowest BCUT2D eigenvalue weighted by molar-refractivity contribution is -0.115. The predicted octanol–water partition coefficient (Wildman–Crippen LogP) is 3.09. The Labute approximate surface area is 151 Å². The standard InChI is InChI=1S/C16H16Cl2N2O3S/c17-14-7-6-13(10-15(14)18)20-16(21)11-19-24(22,23)9-8-12-4-2-1-3-5-12/h1-7,10,19H,8-9,11H2,(H,20,21). The zero-order valence-electron chi connectivity index (χ0n) is 12.6. The van der Waals surface area contributed by atoms with E-state index in [4.69, 9.17) is 23.2 Å². The molecule has 0 aliphatic heterocycles. The second-order valence-corrected chi connectivity index (χ2v) is 7.79. The fourth-order valence-electron chi connectivity index (χ4n) is 1.92. The van der Waals surface area contributed by atoms with E-state index >= 15 is 0 Å². The van der Waals surface area contributed by atoms with Gasteiger partial charge in [0.2, 0.25) is 15.9 Å². The zero-order chi connectivity index (χ0) is 17.6. The summed E-state index contributed by atoms with van der Waals surface area (Å²) in [7, 11) is -3.54. The minimum Gasteiger partial charge on any atom is -0.325 e. The summed E-state index contributed by atoms with van der Waals surface area (Å²) < 4.78 is 26.1. The molecule has 0 saturated carbocycles. The lowest BCUT2D eigenvalue weighted by Crippen LogP contribution is -2.34. The number of sulfonamides is 1. The number of benzene rings is 2. The summed E-state index contributed by atoms with van der Waals surface area (Å²) in [6.45, 7) is -0.350. The molecule has 2 rings (SSSR count). The van der Waals surface area contributed by atoms with Gasteiger partial charge in [0.05, 0.1) is 22.3 Å². The molecular weight excluding hydrogens is 371 g/mol. The molecular formula is C16H16Cl2N2O3S. The van der Waals surface area contributed by atoms with Crippen molar-refractivity contribution in [2.75, 3.05) is 17.6 Å². The van der Waals surface area contributed by atoms with E-state index < -0.39 is 15.9 Å². The number of rotatable bonds is 7. The average molecular weight is 387 g/mol. The fraction of sp³-hybridized carbons (Fsp3) is 0.188. The molecule has 8 heteroatoms. The number of nitrogens with one attached hydrogen (secondary N) is 2. The Morgan fingerprint density at radius 1 is 1.00 bits per heavy atom. The molecule has 5 nitrogen and oxygen atoms in total. The van der Waals surface area contributed by atoms with E-state index in [0.717, 1.165) is 5.56 Å². The van der Waals surface area contributed by atoms with E-state index in [1.165, 1.54) is 6.07 Å². The van der Waals surface area contributed by atoms with Crippen molar-refractivity contribution in [3.63, 3.8) is 0 Å². The molecule has 128 valence electrons. The Bertz CT molecular complexity index is 811. The van der Waals surface area contributed by atoms with Crippen LogP contribution in [-0.2, 0) is 21.2 Å². The van der Waals surface area contributed by atoms with Crippen molar-refractivity contribution in [1.29, 1.82) is 0 Å². The Hall–Kier alpha value is -1.60. The number of amides is 1. The van der Waals surface area contributed by atoms with Crippen molar-refractivity contribution in [2.24, 2.45) is 0 Å². The summed E-state index contributed by atoms with van der Waals surface area (Å²) in [5.74, 6) is -0.575. The minimum absolute atomic E-state index is 0.0862. The van der Waals surface area contributed by atoms with Crippen LogP contribution in [0.1, 0.15) is 5.56 Å². The maximum absolute atomic E-state index is 11.9. The number of anilines is 1. The first-order chi connectivity index (χ1) is 11.4. The predicted molar refractivity (Wildman–Crippen MR) is 97.0 cm³/mol. The molecule has 0 fully saturated rings. The van der Waals surface area contributed by atoms with Gasteiger partial charge in [-0.2, -0.15) is 0 Å². The molecule has 0 spiro atoms. The maximum Gasteiger partial charge on any atom is 0.239 e. The summed E-state index contributed by atoms with van der Waals surface area (Å²) in [5.41, 5.74) is 1.36. The third kappa shape index (κ3) is 6.13. The molecule has 2 N–H and O–H groups in total. The third-order valence-electron chi connectivity index (χ3n) is 3.16. The molecule has 2 aromatic rings. The lowest BCUT2D eigenvalue weighted by atomic mass is 10.2. The molecule has 0 bridgehead atoms. The second kappa shape index (κ2) is 8.48. The van der Waals surface area contributed by atoms with Crippen LogP contribution in [0.2, 0.25) is 10.0 Å². The van der Waals surface area contributed by atoms with Crippen LogP contribution in [0, 0.1) is 0 Å². The molecule has 2 aromatic carbocycles. The van der Waals surface area contributed by atoms with Gasteiger partial charge in [-0.05, 0) is 30.2 Å². The van der Waals surface area contributed by atoms with Gasteiger partial charge in [0.15, 0.2) is 0 Å². The van der Waals surface area contributed by atoms with Crippen LogP contribution in [0.4, 0.5) is 5.69 Å². The monoisotopic (exact) mass is 386 g/mol. The van der Waals surface area contributed by atoms with Crippen molar-refractivity contribution in [3.05, 3.63) is 64.1 Å². The number of carbonyl (C=O) groups is 1. The van der Waals surface area contributed by atoms with Crippen molar-refractivity contribution in [1.82, 2.24) is 4.72 Å².